The Morgan fingerprint density at radius 1 is 0.930 bits per heavy atom. The largest absolute Gasteiger partial charge is 0.465 e. The third kappa shape index (κ3) is 9.54. The molecule has 0 bridgehead atoms. The highest BCUT2D eigenvalue weighted by molar-refractivity contribution is 6.74. The van der Waals surface area contributed by atoms with Crippen molar-refractivity contribution in [1.82, 2.24) is 5.32 Å². The summed E-state index contributed by atoms with van der Waals surface area (Å²) in [7, 11) is -0.801. The molecule has 9 heteroatoms. The van der Waals surface area contributed by atoms with Crippen LogP contribution in [0.3, 0.4) is 0 Å². The van der Waals surface area contributed by atoms with Crippen LogP contribution in [0.2, 0.25) is 23.2 Å². The van der Waals surface area contributed by atoms with Crippen molar-refractivity contribution in [2.75, 3.05) is 19.0 Å². The molecule has 3 rings (SSSR count). The highest BCUT2D eigenvalue weighted by Gasteiger charge is 2.40. The molecule has 3 aromatic rings. The van der Waals surface area contributed by atoms with Gasteiger partial charge in [-0.3, -0.25) is 10.1 Å². The van der Waals surface area contributed by atoms with Gasteiger partial charge in [0.2, 0.25) is 0 Å². The number of methoxy groups -OCH3 is 1. The van der Waals surface area contributed by atoms with Crippen LogP contribution in [0.4, 0.5) is 5.69 Å². The quantitative estimate of drug-likeness (QED) is 0.126. The molecule has 0 aliphatic rings. The number of ether oxygens (including phenoxy) is 2. The Kier molecular flexibility index (Phi) is 11.1. The Balaban J connectivity index is 1.94. The highest BCUT2D eigenvalue weighted by Crippen LogP contribution is 2.40. The summed E-state index contributed by atoms with van der Waals surface area (Å²) < 4.78 is 17.5. The minimum Gasteiger partial charge on any atom is -0.465 e. The summed E-state index contributed by atoms with van der Waals surface area (Å²) >= 11 is 6.39. The lowest BCUT2D eigenvalue weighted by atomic mass is 10.0. The van der Waals surface area contributed by atoms with Crippen LogP contribution in [-0.4, -0.2) is 45.7 Å². The Morgan fingerprint density at radius 2 is 1.58 bits per heavy atom. The molecule has 0 radical (unpaired) electrons. The Labute approximate surface area is 262 Å². The van der Waals surface area contributed by atoms with Gasteiger partial charge in [-0.05, 0) is 98.6 Å². The average molecular weight is 627 g/mol. The SMILES string of the molecule is COC(=O)c1ccc2cc(NC(NC[C@H](O[Si](C)(C)C(C)(C)C)c3cccc(Cl)c3)[C@@H](C)C(=O)OC(C)(C)C)ccc2c1. The number of fused-ring (bicyclic) bond motifs is 1. The van der Waals surface area contributed by atoms with Crippen molar-refractivity contribution in [3.05, 3.63) is 76.8 Å². The summed E-state index contributed by atoms with van der Waals surface area (Å²) in [5.74, 6) is -1.23. The molecule has 7 nitrogen and oxygen atoms in total. The predicted octanol–water partition coefficient (Wildman–Crippen LogP) is 8.35. The number of carbonyl (C=O) groups is 2. The van der Waals surface area contributed by atoms with Crippen LogP contribution in [-0.2, 0) is 18.7 Å². The van der Waals surface area contributed by atoms with Crippen LogP contribution in [0.25, 0.3) is 10.8 Å². The fraction of sp³-hybridized carbons (Fsp3) is 0.471. The molecular weight excluding hydrogens is 580 g/mol. The van der Waals surface area contributed by atoms with Crippen molar-refractivity contribution in [3.8, 4) is 0 Å². The van der Waals surface area contributed by atoms with Gasteiger partial charge in [0.05, 0.1) is 30.9 Å². The number of benzene rings is 3. The molecule has 0 aromatic heterocycles. The van der Waals surface area contributed by atoms with Gasteiger partial charge >= 0.3 is 11.9 Å². The zero-order valence-electron chi connectivity index (χ0n) is 27.1. The lowest BCUT2D eigenvalue weighted by Gasteiger charge is -2.40. The first-order valence-corrected chi connectivity index (χ1v) is 18.0. The third-order valence-corrected chi connectivity index (χ3v) is 12.6. The number of esters is 2. The number of anilines is 1. The third-order valence-electron chi connectivity index (χ3n) is 7.85. The van der Waals surface area contributed by atoms with Gasteiger partial charge in [0.15, 0.2) is 8.32 Å². The van der Waals surface area contributed by atoms with Crippen LogP contribution >= 0.6 is 11.6 Å². The average Bonchev–Trinajstić information content (AvgIpc) is 2.91. The van der Waals surface area contributed by atoms with Crippen LogP contribution in [0, 0.1) is 5.92 Å². The number of hydrogen-bond acceptors (Lipinski definition) is 7. The zero-order valence-corrected chi connectivity index (χ0v) is 28.9. The molecule has 0 aliphatic heterocycles. The van der Waals surface area contributed by atoms with Gasteiger partial charge in [-0.25, -0.2) is 4.79 Å². The maximum absolute atomic E-state index is 13.3. The van der Waals surface area contributed by atoms with Crippen molar-refractivity contribution in [1.29, 1.82) is 0 Å². The molecule has 0 saturated heterocycles. The molecule has 0 fully saturated rings. The lowest BCUT2D eigenvalue weighted by Crippen LogP contribution is -2.49. The van der Waals surface area contributed by atoms with Crippen molar-refractivity contribution in [3.63, 3.8) is 0 Å². The van der Waals surface area contributed by atoms with Crippen molar-refractivity contribution < 1.29 is 23.5 Å². The summed E-state index contributed by atoms with van der Waals surface area (Å²) in [6.07, 6.45) is -0.769. The highest BCUT2D eigenvalue weighted by atomic mass is 35.5. The topological polar surface area (TPSA) is 85.9 Å². The van der Waals surface area contributed by atoms with E-state index < -0.39 is 26.0 Å². The van der Waals surface area contributed by atoms with Crippen LogP contribution in [0.15, 0.2) is 60.7 Å². The molecule has 3 atom stereocenters. The van der Waals surface area contributed by atoms with Crippen LogP contribution in [0.1, 0.15) is 70.5 Å². The minimum absolute atomic E-state index is 0.00408. The maximum Gasteiger partial charge on any atom is 0.337 e. The van der Waals surface area contributed by atoms with Crippen LogP contribution < -0.4 is 10.6 Å². The van der Waals surface area contributed by atoms with Gasteiger partial charge < -0.3 is 19.2 Å². The maximum atomic E-state index is 13.3. The summed E-state index contributed by atoms with van der Waals surface area (Å²) in [6, 6.07) is 19.0. The van der Waals surface area contributed by atoms with Gasteiger partial charge in [0.25, 0.3) is 0 Å². The van der Waals surface area contributed by atoms with Gasteiger partial charge in [0.1, 0.15) is 5.60 Å². The molecule has 0 heterocycles. The van der Waals surface area contributed by atoms with Crippen LogP contribution in [0.5, 0.6) is 0 Å². The predicted molar refractivity (Wildman–Crippen MR) is 178 cm³/mol. The monoisotopic (exact) mass is 626 g/mol. The van der Waals surface area contributed by atoms with Gasteiger partial charge in [-0.2, -0.15) is 0 Å². The molecule has 0 saturated carbocycles. The fourth-order valence-electron chi connectivity index (χ4n) is 4.34. The molecule has 1 unspecified atom stereocenters. The van der Waals surface area contributed by atoms with E-state index >= 15 is 0 Å². The first-order valence-electron chi connectivity index (χ1n) is 14.7. The van der Waals surface area contributed by atoms with Gasteiger partial charge in [-0.1, -0.05) is 56.6 Å². The summed E-state index contributed by atoms with van der Waals surface area (Å²) in [5.41, 5.74) is 1.66. The first-order chi connectivity index (χ1) is 19.9. The second kappa shape index (κ2) is 13.8. The van der Waals surface area contributed by atoms with E-state index in [9.17, 15) is 9.59 Å². The Bertz CT molecular complexity index is 1430. The van der Waals surface area contributed by atoms with E-state index in [4.69, 9.17) is 25.5 Å². The number of rotatable bonds is 11. The van der Waals surface area contributed by atoms with Gasteiger partial charge in [-0.15, -0.1) is 0 Å². The second-order valence-corrected chi connectivity index (χ2v) is 18.7. The van der Waals surface area contributed by atoms with E-state index in [1.165, 1.54) is 7.11 Å². The summed E-state index contributed by atoms with van der Waals surface area (Å²) in [4.78, 5) is 25.3. The number of carbonyl (C=O) groups excluding carboxylic acids is 2. The zero-order chi connectivity index (χ0) is 32.2. The molecule has 0 aliphatic carbocycles. The van der Waals surface area contributed by atoms with E-state index in [0.29, 0.717) is 17.1 Å². The standard InChI is InChI=1S/C34H47ClN2O5Si/c1-22(31(38)41-33(2,3)4)30(37-28-17-16-23-18-26(32(39)40-8)15-14-24(23)20-28)36-21-29(25-12-11-13-27(35)19-25)42-43(9,10)34(5,6)7/h11-20,22,29-30,36-37H,21H2,1-10H3/t22-,29+,30?/m1/s1. The van der Waals surface area contributed by atoms with E-state index in [1.807, 2.05) is 76.2 Å². The van der Waals surface area contributed by atoms with Crippen molar-refractivity contribution in [2.24, 2.45) is 5.92 Å². The van der Waals surface area contributed by atoms with E-state index in [0.717, 1.165) is 22.0 Å². The molecule has 234 valence electrons. The van der Waals surface area contributed by atoms with Crippen molar-refractivity contribution >= 4 is 48.3 Å². The molecule has 0 spiro atoms. The molecule has 0 amide bonds. The summed E-state index contributed by atoms with van der Waals surface area (Å²) in [5, 5.41) is 9.61. The van der Waals surface area contributed by atoms with Gasteiger partial charge in [0, 0.05) is 17.3 Å². The Hall–Kier alpha value is -2.91. The lowest BCUT2D eigenvalue weighted by molar-refractivity contribution is -0.160. The van der Waals surface area contributed by atoms with Crippen molar-refractivity contribution in [2.45, 2.75) is 84.5 Å². The smallest absolute Gasteiger partial charge is 0.337 e. The minimum atomic E-state index is -2.17. The molecule has 2 N–H and O–H groups in total. The van der Waals surface area contributed by atoms with E-state index in [-0.39, 0.29) is 23.1 Å². The normalized spacial score (nSPS) is 14.6. The Morgan fingerprint density at radius 3 is 2.19 bits per heavy atom. The first kappa shape index (κ1) is 34.6. The number of nitrogens with one attached hydrogen (secondary N) is 2. The number of hydrogen-bond donors (Lipinski definition) is 2. The molecular formula is C34H47ClN2O5Si. The number of halogens is 1. The molecule has 3 aromatic carbocycles. The summed E-state index contributed by atoms with van der Waals surface area (Å²) in [6.45, 7) is 19.0. The fourth-order valence-corrected chi connectivity index (χ4v) is 5.83. The van der Waals surface area contributed by atoms with E-state index in [1.54, 1.807) is 12.1 Å². The second-order valence-electron chi connectivity index (χ2n) is 13.5. The molecule has 43 heavy (non-hydrogen) atoms. The van der Waals surface area contributed by atoms with E-state index in [2.05, 4.69) is 44.5 Å².